The minimum atomic E-state index is 0.813. The van der Waals surface area contributed by atoms with Gasteiger partial charge in [-0.05, 0) is 143 Å². The maximum absolute atomic E-state index is 5.16. The molecular weight excluding hydrogens is 482 g/mol. The SMILES string of the molecule is CCCCCC1CCC(c2ccc(C3CCC(C4CCC(CCCN(C)SOC)CC4)CC3)c(C)c2)CC1. The molecule has 2 nitrogen and oxygen atoms in total. The summed E-state index contributed by atoms with van der Waals surface area (Å²) >= 11 is 1.48. The van der Waals surface area contributed by atoms with Gasteiger partial charge in [0.1, 0.15) is 0 Å². The van der Waals surface area contributed by atoms with Crippen LogP contribution in [0.1, 0.15) is 151 Å². The second-order valence-corrected chi connectivity index (χ2v) is 14.6. The predicted octanol–water partition coefficient (Wildman–Crippen LogP) is 10.9. The van der Waals surface area contributed by atoms with Gasteiger partial charge in [0.2, 0.25) is 0 Å². The molecule has 3 heteroatoms. The van der Waals surface area contributed by atoms with Gasteiger partial charge in [0.15, 0.2) is 0 Å². The molecule has 38 heavy (non-hydrogen) atoms. The Morgan fingerprint density at radius 2 is 1.34 bits per heavy atom. The van der Waals surface area contributed by atoms with Crippen LogP contribution in [0.5, 0.6) is 0 Å². The van der Waals surface area contributed by atoms with Gasteiger partial charge >= 0.3 is 0 Å². The molecule has 3 aliphatic rings. The van der Waals surface area contributed by atoms with Crippen molar-refractivity contribution in [1.82, 2.24) is 4.31 Å². The third kappa shape index (κ3) is 9.00. The van der Waals surface area contributed by atoms with E-state index >= 15 is 0 Å². The van der Waals surface area contributed by atoms with Crippen molar-refractivity contribution >= 4 is 12.2 Å². The third-order valence-corrected chi connectivity index (χ3v) is 11.5. The van der Waals surface area contributed by atoms with E-state index in [0.29, 0.717) is 0 Å². The van der Waals surface area contributed by atoms with Gasteiger partial charge in [-0.2, -0.15) is 0 Å². The summed E-state index contributed by atoms with van der Waals surface area (Å²) in [6, 6.07) is 7.68. The smallest absolute Gasteiger partial charge is 0.0813 e. The third-order valence-electron chi connectivity index (χ3n) is 10.9. The lowest BCUT2D eigenvalue weighted by Crippen LogP contribution is -2.26. The average Bonchev–Trinajstić information content (AvgIpc) is 2.94. The zero-order valence-electron chi connectivity index (χ0n) is 25.4. The zero-order valence-corrected chi connectivity index (χ0v) is 26.2. The quantitative estimate of drug-likeness (QED) is 0.140. The lowest BCUT2D eigenvalue weighted by atomic mass is 9.67. The first-order valence-corrected chi connectivity index (χ1v) is 17.3. The molecule has 3 saturated carbocycles. The van der Waals surface area contributed by atoms with E-state index in [0.717, 1.165) is 42.1 Å². The van der Waals surface area contributed by atoms with E-state index < -0.39 is 0 Å². The molecule has 1 aromatic rings. The normalized spacial score (nSPS) is 30.6. The van der Waals surface area contributed by atoms with Crippen LogP contribution in [0.15, 0.2) is 18.2 Å². The topological polar surface area (TPSA) is 12.5 Å². The highest BCUT2D eigenvalue weighted by atomic mass is 32.2. The van der Waals surface area contributed by atoms with Gasteiger partial charge in [0.05, 0.1) is 19.3 Å². The Kier molecular flexibility index (Phi) is 12.9. The van der Waals surface area contributed by atoms with Gasteiger partial charge in [0, 0.05) is 6.54 Å². The molecule has 1 aromatic carbocycles. The molecule has 4 rings (SSSR count). The Hall–Kier alpha value is -0.510. The molecule has 0 spiro atoms. The highest BCUT2D eigenvalue weighted by molar-refractivity contribution is 7.92. The van der Waals surface area contributed by atoms with E-state index in [1.165, 1.54) is 128 Å². The maximum Gasteiger partial charge on any atom is 0.0813 e. The first-order valence-electron chi connectivity index (χ1n) is 16.6. The highest BCUT2D eigenvalue weighted by Gasteiger charge is 2.32. The Bertz CT molecular complexity index is 787. The molecule has 0 N–H and O–H groups in total. The van der Waals surface area contributed by atoms with Crippen LogP contribution in [0, 0.1) is 30.6 Å². The van der Waals surface area contributed by atoms with Gasteiger partial charge < -0.3 is 4.18 Å². The van der Waals surface area contributed by atoms with E-state index in [4.69, 9.17) is 4.18 Å². The molecule has 0 atom stereocenters. The van der Waals surface area contributed by atoms with Crippen molar-refractivity contribution in [3.63, 3.8) is 0 Å². The van der Waals surface area contributed by atoms with Crippen LogP contribution in [0.3, 0.4) is 0 Å². The van der Waals surface area contributed by atoms with Crippen LogP contribution < -0.4 is 0 Å². The van der Waals surface area contributed by atoms with Crippen molar-refractivity contribution in [2.45, 2.75) is 141 Å². The van der Waals surface area contributed by atoms with E-state index in [-0.39, 0.29) is 0 Å². The van der Waals surface area contributed by atoms with Crippen LogP contribution in [-0.2, 0) is 4.18 Å². The summed E-state index contributed by atoms with van der Waals surface area (Å²) in [5.41, 5.74) is 4.92. The van der Waals surface area contributed by atoms with E-state index in [1.807, 2.05) is 0 Å². The molecule has 0 radical (unpaired) electrons. The lowest BCUT2D eigenvalue weighted by molar-refractivity contribution is 0.155. The van der Waals surface area contributed by atoms with Crippen molar-refractivity contribution in [2.24, 2.45) is 23.7 Å². The van der Waals surface area contributed by atoms with Gasteiger partial charge in [-0.3, -0.25) is 0 Å². The zero-order chi connectivity index (χ0) is 26.7. The van der Waals surface area contributed by atoms with E-state index in [1.54, 1.807) is 23.8 Å². The number of aryl methyl sites for hydroxylation is 1. The molecule has 3 fully saturated rings. The van der Waals surface area contributed by atoms with Crippen LogP contribution >= 0.6 is 12.2 Å². The number of unbranched alkanes of at least 4 members (excludes halogenated alkanes) is 2. The van der Waals surface area contributed by atoms with Crippen molar-refractivity contribution in [3.05, 3.63) is 34.9 Å². The van der Waals surface area contributed by atoms with Gasteiger partial charge in [-0.25, -0.2) is 4.31 Å². The minimum absolute atomic E-state index is 0.813. The van der Waals surface area contributed by atoms with Crippen LogP contribution in [-0.4, -0.2) is 25.0 Å². The van der Waals surface area contributed by atoms with E-state index in [9.17, 15) is 0 Å². The monoisotopic (exact) mass is 541 g/mol. The first kappa shape index (κ1) is 30.4. The fourth-order valence-electron chi connectivity index (χ4n) is 8.50. The largest absolute Gasteiger partial charge is 0.304 e. The number of hydrogen-bond acceptors (Lipinski definition) is 3. The molecule has 3 aliphatic carbocycles. The lowest BCUT2D eigenvalue weighted by Gasteiger charge is -2.38. The van der Waals surface area contributed by atoms with Crippen LogP contribution in [0.25, 0.3) is 0 Å². The minimum Gasteiger partial charge on any atom is -0.304 e. The van der Waals surface area contributed by atoms with Crippen LogP contribution in [0.2, 0.25) is 0 Å². The molecular formula is C35H59NOS. The standard InChI is InChI=1S/C35H59NOS/c1-5-6-7-9-28-13-17-32(18-14-28)34-23-24-35(27(2)26-34)33-21-19-31(20-22-33)30-15-11-29(12-16-30)10-8-25-36(3)38-37-4/h23-24,26,28-33H,5-22,25H2,1-4H3. The molecule has 0 heterocycles. The Morgan fingerprint density at radius 3 is 1.95 bits per heavy atom. The summed E-state index contributed by atoms with van der Waals surface area (Å²) in [5.74, 6) is 5.63. The summed E-state index contributed by atoms with van der Waals surface area (Å²) in [4.78, 5) is 0. The van der Waals surface area contributed by atoms with Gasteiger partial charge in [-0.15, -0.1) is 0 Å². The summed E-state index contributed by atoms with van der Waals surface area (Å²) in [7, 11) is 3.90. The van der Waals surface area contributed by atoms with Crippen molar-refractivity contribution in [2.75, 3.05) is 20.7 Å². The number of hydrogen-bond donors (Lipinski definition) is 0. The molecule has 0 amide bonds. The number of rotatable bonds is 13. The number of benzene rings is 1. The fourth-order valence-corrected chi connectivity index (χ4v) is 8.95. The highest BCUT2D eigenvalue weighted by Crippen LogP contribution is 2.46. The Labute approximate surface area is 240 Å². The second-order valence-electron chi connectivity index (χ2n) is 13.5. The summed E-state index contributed by atoms with van der Waals surface area (Å²) < 4.78 is 7.38. The van der Waals surface area contributed by atoms with Gasteiger partial charge in [-0.1, -0.05) is 63.6 Å². The van der Waals surface area contributed by atoms with Crippen molar-refractivity contribution in [1.29, 1.82) is 0 Å². The maximum atomic E-state index is 5.16. The first-order chi connectivity index (χ1) is 18.6. The molecule has 0 aromatic heterocycles. The van der Waals surface area contributed by atoms with Crippen LogP contribution in [0.4, 0.5) is 0 Å². The predicted molar refractivity (Wildman–Crippen MR) is 167 cm³/mol. The Morgan fingerprint density at radius 1 is 0.763 bits per heavy atom. The van der Waals surface area contributed by atoms with Crippen molar-refractivity contribution in [3.8, 4) is 0 Å². The van der Waals surface area contributed by atoms with Gasteiger partial charge in [0.25, 0.3) is 0 Å². The Balaban J connectivity index is 1.17. The van der Waals surface area contributed by atoms with E-state index in [2.05, 4.69) is 43.4 Å². The van der Waals surface area contributed by atoms with Crippen molar-refractivity contribution < 1.29 is 4.18 Å². The molecule has 0 bridgehead atoms. The molecule has 0 unspecified atom stereocenters. The molecule has 216 valence electrons. The summed E-state index contributed by atoms with van der Waals surface area (Å²) in [6.45, 7) is 5.88. The molecule has 0 aliphatic heterocycles. The fraction of sp³-hybridized carbons (Fsp3) is 0.829. The second kappa shape index (κ2) is 16.1. The average molecular weight is 542 g/mol. The molecule has 0 saturated heterocycles. The summed E-state index contributed by atoms with van der Waals surface area (Å²) in [5, 5.41) is 0. The summed E-state index contributed by atoms with van der Waals surface area (Å²) in [6.07, 6.45) is 26.0. The number of nitrogens with zero attached hydrogens (tertiary/aromatic N) is 1.